The van der Waals surface area contributed by atoms with Gasteiger partial charge in [-0.25, -0.2) is 9.37 Å². The molecule has 0 radical (unpaired) electrons. The number of benzene rings is 2. The van der Waals surface area contributed by atoms with Crippen molar-refractivity contribution in [2.24, 2.45) is 5.92 Å². The minimum atomic E-state index is -1.01. The number of rotatable bonds is 4. The number of aliphatic hydroxyl groups is 1. The van der Waals surface area contributed by atoms with E-state index in [0.29, 0.717) is 23.3 Å². The monoisotopic (exact) mass is 543 g/mol. The van der Waals surface area contributed by atoms with Gasteiger partial charge in [-0.2, -0.15) is 0 Å². The first-order valence-electron chi connectivity index (χ1n) is 13.2. The van der Waals surface area contributed by atoms with Gasteiger partial charge < -0.3 is 29.5 Å². The predicted molar refractivity (Wildman–Crippen MR) is 147 cm³/mol. The Morgan fingerprint density at radius 2 is 1.79 bits per heavy atom. The number of hydrogen-bond acceptors (Lipinski definition) is 6. The van der Waals surface area contributed by atoms with E-state index in [0.717, 1.165) is 36.7 Å². The van der Waals surface area contributed by atoms with Gasteiger partial charge in [0.05, 0.1) is 18.1 Å². The normalized spacial score (nSPS) is 21.0. The van der Waals surface area contributed by atoms with Gasteiger partial charge in [0.25, 0.3) is 12.9 Å². The third kappa shape index (κ3) is 6.33. The number of aryl methyl sites for hydroxylation is 1. The first-order valence-corrected chi connectivity index (χ1v) is 13.2. The number of anilines is 1. The molecule has 1 aromatic heterocycles. The molecule has 3 aromatic rings. The Morgan fingerprint density at radius 3 is 2.41 bits per heavy atom. The molecule has 4 unspecified atom stereocenters. The van der Waals surface area contributed by atoms with Crippen molar-refractivity contribution in [1.82, 2.24) is 9.55 Å². The van der Waals surface area contributed by atoms with Gasteiger partial charge in [-0.1, -0.05) is 25.8 Å². The molecule has 0 saturated heterocycles. The average Bonchev–Trinajstić information content (AvgIpc) is 3.31. The highest BCUT2D eigenvalue weighted by Gasteiger charge is 2.31. The van der Waals surface area contributed by atoms with Crippen molar-refractivity contribution in [3.8, 4) is 5.75 Å². The lowest BCUT2D eigenvalue weighted by atomic mass is 9.86. The van der Waals surface area contributed by atoms with Gasteiger partial charge in [-0.05, 0) is 68.4 Å². The van der Waals surface area contributed by atoms with Crippen LogP contribution in [0, 0.1) is 11.7 Å². The third-order valence-corrected chi connectivity index (χ3v) is 7.83. The molecule has 212 valence electrons. The van der Waals surface area contributed by atoms with E-state index in [4.69, 9.17) is 29.5 Å². The van der Waals surface area contributed by atoms with Gasteiger partial charge in [0, 0.05) is 30.4 Å². The molecule has 1 fully saturated rings. The molecule has 2 aromatic carbocycles. The third-order valence-electron chi connectivity index (χ3n) is 7.83. The first-order chi connectivity index (χ1) is 18.7. The Kier molecular flexibility index (Phi) is 10.3. The predicted octanol–water partition coefficient (Wildman–Crippen LogP) is 5.19. The molecular weight excluding hydrogens is 505 g/mol. The molecular formula is C29H38FN3O6. The van der Waals surface area contributed by atoms with Crippen molar-refractivity contribution < 1.29 is 34.0 Å². The number of carboxylic acid groups (broad SMARTS) is 2. The number of fused-ring (bicyclic) bond motifs is 3. The summed E-state index contributed by atoms with van der Waals surface area (Å²) < 4.78 is 21.8. The zero-order valence-corrected chi connectivity index (χ0v) is 22.9. The quantitative estimate of drug-likeness (QED) is 0.384. The zero-order chi connectivity index (χ0) is 28.7. The van der Waals surface area contributed by atoms with Crippen molar-refractivity contribution in [3.63, 3.8) is 0 Å². The van der Waals surface area contributed by atoms with Crippen molar-refractivity contribution in [2.45, 2.75) is 70.6 Å². The van der Waals surface area contributed by atoms with E-state index in [2.05, 4.69) is 42.5 Å². The Labute approximate surface area is 227 Å². The molecule has 0 bridgehead atoms. The van der Waals surface area contributed by atoms with Gasteiger partial charge in [0.15, 0.2) is 11.6 Å². The van der Waals surface area contributed by atoms with Crippen molar-refractivity contribution >= 4 is 29.7 Å². The SMILES string of the molecule is COc1ccc(C(O)c2nc3c4c(ccc3n2C2CCCC(C)C2)N(C)C(C)CC4)cc1F.O=CO.O=CO. The molecule has 0 spiro atoms. The molecule has 2 aliphatic rings. The summed E-state index contributed by atoms with van der Waals surface area (Å²) in [6.07, 6.45) is 5.59. The van der Waals surface area contributed by atoms with Crippen LogP contribution in [0.4, 0.5) is 10.1 Å². The van der Waals surface area contributed by atoms with Crippen LogP contribution in [-0.4, -0.2) is 58.0 Å². The fourth-order valence-electron chi connectivity index (χ4n) is 5.80. The van der Waals surface area contributed by atoms with Gasteiger partial charge in [0.2, 0.25) is 0 Å². The summed E-state index contributed by atoms with van der Waals surface area (Å²) in [7, 11) is 3.59. The number of imidazole rings is 1. The second kappa shape index (κ2) is 13.4. The molecule has 1 saturated carbocycles. The number of nitrogens with zero attached hydrogens (tertiary/aromatic N) is 3. The molecule has 4 atom stereocenters. The summed E-state index contributed by atoms with van der Waals surface area (Å²) >= 11 is 0. The lowest BCUT2D eigenvalue weighted by molar-refractivity contribution is -0.123. The van der Waals surface area contributed by atoms with E-state index in [1.807, 2.05) is 0 Å². The van der Waals surface area contributed by atoms with Gasteiger partial charge in [-0.15, -0.1) is 0 Å². The van der Waals surface area contributed by atoms with E-state index < -0.39 is 11.9 Å². The van der Waals surface area contributed by atoms with Crippen LogP contribution in [0.15, 0.2) is 30.3 Å². The maximum absolute atomic E-state index is 14.5. The number of carbonyl (C=O) groups is 2. The van der Waals surface area contributed by atoms with Crippen LogP contribution >= 0.6 is 0 Å². The van der Waals surface area contributed by atoms with Crippen LogP contribution in [-0.2, 0) is 16.0 Å². The Morgan fingerprint density at radius 1 is 1.10 bits per heavy atom. The van der Waals surface area contributed by atoms with Crippen molar-refractivity contribution in [3.05, 3.63) is 53.1 Å². The van der Waals surface area contributed by atoms with Gasteiger partial charge >= 0.3 is 0 Å². The first kappa shape index (κ1) is 29.9. The second-order valence-electron chi connectivity index (χ2n) is 10.2. The van der Waals surface area contributed by atoms with Crippen LogP contribution in [0.1, 0.15) is 75.0 Å². The fraction of sp³-hybridized carbons (Fsp3) is 0.483. The maximum atomic E-state index is 14.5. The number of aliphatic hydroxyl groups excluding tert-OH is 1. The van der Waals surface area contributed by atoms with E-state index in [9.17, 15) is 9.50 Å². The van der Waals surface area contributed by atoms with E-state index in [1.54, 1.807) is 12.1 Å². The van der Waals surface area contributed by atoms with E-state index in [-0.39, 0.29) is 24.7 Å². The Hall–Kier alpha value is -3.66. The van der Waals surface area contributed by atoms with Gasteiger partial charge in [-0.3, -0.25) is 9.59 Å². The number of hydrogen-bond donors (Lipinski definition) is 3. The van der Waals surface area contributed by atoms with Crippen LogP contribution in [0.5, 0.6) is 5.75 Å². The topological polar surface area (TPSA) is 125 Å². The molecule has 5 rings (SSSR count). The summed E-state index contributed by atoms with van der Waals surface area (Å²) in [5, 5.41) is 25.2. The lowest BCUT2D eigenvalue weighted by Crippen LogP contribution is -2.33. The molecule has 3 N–H and O–H groups in total. The molecule has 9 nitrogen and oxygen atoms in total. The standard InChI is InChI=1S/C27H34FN3O2.2CH2O2/c1-16-6-5-7-19(14-16)31-23-12-11-22-20(10-8-17(2)30(22)3)25(23)29-27(31)26(32)18-9-13-24(33-4)21(28)15-18;2*2-1-3/h9,11-13,15-17,19,26,32H,5-8,10,14H2,1-4H3;2*1H,(H,2,3). The molecule has 0 amide bonds. The Balaban J connectivity index is 0.000000643. The van der Waals surface area contributed by atoms with E-state index in [1.165, 1.54) is 37.3 Å². The molecule has 2 heterocycles. The number of aromatic nitrogens is 2. The highest BCUT2D eigenvalue weighted by atomic mass is 19.1. The Bertz CT molecular complexity index is 1270. The smallest absolute Gasteiger partial charge is 0.290 e. The second-order valence-corrected chi connectivity index (χ2v) is 10.2. The van der Waals surface area contributed by atoms with Crippen LogP contribution in [0.25, 0.3) is 11.0 Å². The lowest BCUT2D eigenvalue weighted by Gasteiger charge is -2.34. The molecule has 39 heavy (non-hydrogen) atoms. The van der Waals surface area contributed by atoms with Crippen molar-refractivity contribution in [1.29, 1.82) is 0 Å². The minimum absolute atomic E-state index is 0.173. The van der Waals surface area contributed by atoms with Crippen molar-refractivity contribution in [2.75, 3.05) is 19.1 Å². The molecule has 1 aliphatic heterocycles. The molecule has 10 heteroatoms. The number of methoxy groups -OCH3 is 1. The summed E-state index contributed by atoms with van der Waals surface area (Å²) in [4.78, 5) is 24.1. The minimum Gasteiger partial charge on any atom is -0.494 e. The largest absolute Gasteiger partial charge is 0.494 e. The zero-order valence-electron chi connectivity index (χ0n) is 22.9. The van der Waals surface area contributed by atoms with Crippen LogP contribution < -0.4 is 9.64 Å². The maximum Gasteiger partial charge on any atom is 0.290 e. The van der Waals surface area contributed by atoms with Crippen LogP contribution in [0.3, 0.4) is 0 Å². The molecule has 1 aliphatic carbocycles. The number of halogens is 1. The summed E-state index contributed by atoms with van der Waals surface area (Å²) in [5.74, 6) is 0.945. The number of ether oxygens (including phenoxy) is 1. The summed E-state index contributed by atoms with van der Waals surface area (Å²) in [6.45, 7) is 4.06. The fourth-order valence-corrected chi connectivity index (χ4v) is 5.80. The van der Waals surface area contributed by atoms with Gasteiger partial charge in [0.1, 0.15) is 11.9 Å². The van der Waals surface area contributed by atoms with E-state index >= 15 is 0 Å². The summed E-state index contributed by atoms with van der Waals surface area (Å²) in [6, 6.07) is 9.81. The average molecular weight is 544 g/mol. The van der Waals surface area contributed by atoms with Crippen LogP contribution in [0.2, 0.25) is 0 Å². The highest BCUT2D eigenvalue weighted by molar-refractivity contribution is 5.86. The summed E-state index contributed by atoms with van der Waals surface area (Å²) in [5.41, 5.74) is 5.03. The highest BCUT2D eigenvalue weighted by Crippen LogP contribution is 2.41.